The van der Waals surface area contributed by atoms with Crippen LogP contribution in [-0.2, 0) is 28.6 Å². The maximum atomic E-state index is 13.0. The average molecular weight is 532 g/mol. The van der Waals surface area contributed by atoms with Gasteiger partial charge in [-0.15, -0.1) is 0 Å². The Morgan fingerprint density at radius 1 is 1.18 bits per heavy atom. The molecule has 1 aliphatic heterocycles. The highest BCUT2D eigenvalue weighted by molar-refractivity contribution is 5.97. The predicted octanol–water partition coefficient (Wildman–Crippen LogP) is -0.641. The van der Waals surface area contributed by atoms with E-state index in [4.69, 9.17) is 19.3 Å². The number of aliphatic hydroxyl groups is 2. The molecular weight excluding hydrogens is 498 g/mol. The van der Waals surface area contributed by atoms with Crippen LogP contribution < -0.4 is 10.6 Å². The second kappa shape index (κ2) is 13.3. The third-order valence-corrected chi connectivity index (χ3v) is 6.02. The van der Waals surface area contributed by atoms with Crippen LogP contribution in [0, 0.1) is 0 Å². The van der Waals surface area contributed by atoms with Gasteiger partial charge in [-0.1, -0.05) is 12.1 Å². The van der Waals surface area contributed by atoms with Crippen LogP contribution in [0.2, 0.25) is 0 Å². The number of amides is 3. The van der Waals surface area contributed by atoms with Crippen molar-refractivity contribution in [2.24, 2.45) is 0 Å². The maximum absolute atomic E-state index is 13.0. The molecule has 0 bridgehead atoms. The highest BCUT2D eigenvalue weighted by Gasteiger charge is 2.43. The second-order valence-corrected chi connectivity index (χ2v) is 9.11. The van der Waals surface area contributed by atoms with Gasteiger partial charge in [0.1, 0.15) is 31.1 Å². The predicted molar refractivity (Wildman–Crippen MR) is 134 cm³/mol. The zero-order valence-corrected chi connectivity index (χ0v) is 21.5. The lowest BCUT2D eigenvalue weighted by atomic mass is 9.91. The van der Waals surface area contributed by atoms with E-state index in [0.29, 0.717) is 0 Å². The Kier molecular flexibility index (Phi) is 10.1. The van der Waals surface area contributed by atoms with Crippen LogP contribution in [-0.4, -0.2) is 103 Å². The first-order valence-corrected chi connectivity index (χ1v) is 12.1. The van der Waals surface area contributed by atoms with E-state index in [1.165, 1.54) is 17.9 Å². The summed E-state index contributed by atoms with van der Waals surface area (Å²) >= 11 is 0. The molecule has 3 amide bonds. The highest BCUT2D eigenvalue weighted by atomic mass is 16.7. The number of hydrogen-bond acceptors (Lipinski definition) is 9. The third-order valence-electron chi connectivity index (χ3n) is 6.02. The molecule has 1 fully saturated rings. The molecule has 0 radical (unpaired) electrons. The zero-order chi connectivity index (χ0) is 27.8. The summed E-state index contributed by atoms with van der Waals surface area (Å²) in [5.74, 6) is -2.08. The van der Waals surface area contributed by atoms with Crippen molar-refractivity contribution in [3.63, 3.8) is 0 Å². The van der Waals surface area contributed by atoms with Crippen LogP contribution in [0.25, 0.3) is 6.08 Å². The second-order valence-electron chi connectivity index (χ2n) is 9.11. The highest BCUT2D eigenvalue weighted by Crippen LogP contribution is 2.31. The smallest absolute Gasteiger partial charge is 0.338 e. The topological polar surface area (TPSA) is 164 Å². The minimum absolute atomic E-state index is 0.000354. The summed E-state index contributed by atoms with van der Waals surface area (Å²) < 4.78 is 16.8. The molecule has 5 atom stereocenters. The average Bonchev–Trinajstić information content (AvgIpc) is 3.38. The Labute approximate surface area is 220 Å². The molecule has 38 heavy (non-hydrogen) atoms. The Hall–Kier alpha value is -3.58. The number of rotatable bonds is 10. The van der Waals surface area contributed by atoms with Crippen LogP contribution in [0.4, 0.5) is 0 Å². The van der Waals surface area contributed by atoms with Crippen molar-refractivity contribution in [2.75, 3.05) is 34.0 Å². The van der Waals surface area contributed by atoms with Gasteiger partial charge in [-0.25, -0.2) is 4.79 Å². The minimum atomic E-state index is -1.25. The van der Waals surface area contributed by atoms with Crippen LogP contribution in [0.1, 0.15) is 29.3 Å². The first-order chi connectivity index (χ1) is 18.1. The molecule has 1 aromatic rings. The van der Waals surface area contributed by atoms with E-state index in [1.807, 2.05) is 0 Å². The van der Waals surface area contributed by atoms with Gasteiger partial charge in [-0.3, -0.25) is 14.4 Å². The number of nitrogens with one attached hydrogen (secondary N) is 2. The zero-order valence-electron chi connectivity index (χ0n) is 21.5. The number of benzene rings is 1. The number of carbonyl (C=O) groups is 4. The van der Waals surface area contributed by atoms with Crippen molar-refractivity contribution < 1.29 is 43.6 Å². The summed E-state index contributed by atoms with van der Waals surface area (Å²) in [6.45, 7) is 0.995. The van der Waals surface area contributed by atoms with E-state index in [-0.39, 0.29) is 43.4 Å². The van der Waals surface area contributed by atoms with Crippen LogP contribution in [0.3, 0.4) is 0 Å². The van der Waals surface area contributed by atoms with Crippen LogP contribution in [0.15, 0.2) is 42.0 Å². The molecule has 0 spiro atoms. The van der Waals surface area contributed by atoms with Crippen molar-refractivity contribution in [1.29, 1.82) is 0 Å². The van der Waals surface area contributed by atoms with Gasteiger partial charge in [0.25, 0.3) is 0 Å². The van der Waals surface area contributed by atoms with Crippen molar-refractivity contribution in [1.82, 2.24) is 15.5 Å². The molecule has 1 aromatic carbocycles. The number of nitrogens with zero attached hydrogens (tertiary/aromatic N) is 1. The van der Waals surface area contributed by atoms with Gasteiger partial charge in [-0.05, 0) is 36.8 Å². The van der Waals surface area contributed by atoms with Gasteiger partial charge in [0, 0.05) is 38.7 Å². The molecule has 0 aromatic heterocycles. The third kappa shape index (κ3) is 7.48. The molecule has 12 heteroatoms. The SMILES string of the molecule is C[C@H](O)[C@@H](NC(=O)C1=C[C@H]2OCO[C@H]2[C@H](OC(=O)c2ccc(C=CC(=O)N(C)C)cc2)C1)C(=O)NCCO. The largest absolute Gasteiger partial charge is 0.456 e. The number of hydrogen-bond donors (Lipinski definition) is 4. The quantitative estimate of drug-likeness (QED) is 0.227. The normalized spacial score (nSPS) is 22.1. The van der Waals surface area contributed by atoms with Crippen LogP contribution in [0.5, 0.6) is 0 Å². The maximum Gasteiger partial charge on any atom is 0.338 e. The molecule has 0 unspecified atom stereocenters. The summed E-state index contributed by atoms with van der Waals surface area (Å²) in [6.07, 6.45) is 1.31. The standard InChI is InChI=1S/C26H33N3O9/c1-15(31)22(25(34)27-10-11-30)28-24(33)18-12-19-23(37-14-36-19)20(13-18)38-26(35)17-7-4-16(5-8-17)6-9-21(32)29(2)3/h4-9,12,15,19-20,22-23,30-31H,10-11,13-14H2,1-3H3,(H,27,34)(H,28,33)/t15-,19+,20+,22+,23+/m0/s1. The Morgan fingerprint density at radius 3 is 2.53 bits per heavy atom. The fraction of sp³-hybridized carbons (Fsp3) is 0.462. The first-order valence-electron chi connectivity index (χ1n) is 12.1. The molecule has 1 aliphatic carbocycles. The van der Waals surface area contributed by atoms with Crippen molar-refractivity contribution in [2.45, 2.75) is 43.8 Å². The number of carbonyl (C=O) groups excluding carboxylic acids is 4. The minimum Gasteiger partial charge on any atom is -0.456 e. The number of aliphatic hydroxyl groups excluding tert-OH is 2. The number of ether oxygens (including phenoxy) is 3. The van der Waals surface area contributed by atoms with E-state index in [2.05, 4.69) is 10.6 Å². The Morgan fingerprint density at radius 2 is 1.89 bits per heavy atom. The molecule has 1 heterocycles. The molecule has 0 saturated carbocycles. The van der Waals surface area contributed by atoms with Crippen LogP contribution >= 0.6 is 0 Å². The molecule has 4 N–H and O–H groups in total. The fourth-order valence-electron chi connectivity index (χ4n) is 3.90. The lowest BCUT2D eigenvalue weighted by molar-refractivity contribution is -0.130. The van der Waals surface area contributed by atoms with Gasteiger partial charge >= 0.3 is 5.97 Å². The summed E-state index contributed by atoms with van der Waals surface area (Å²) in [5, 5.41) is 23.8. The molecule has 1 saturated heterocycles. The summed E-state index contributed by atoms with van der Waals surface area (Å²) in [6, 6.07) is 5.22. The fourth-order valence-corrected chi connectivity index (χ4v) is 3.90. The lowest BCUT2D eigenvalue weighted by Gasteiger charge is -2.31. The Balaban J connectivity index is 1.68. The van der Waals surface area contributed by atoms with E-state index >= 15 is 0 Å². The lowest BCUT2D eigenvalue weighted by Crippen LogP contribution is -2.54. The van der Waals surface area contributed by atoms with Crippen molar-refractivity contribution in [3.05, 3.63) is 53.1 Å². The summed E-state index contributed by atoms with van der Waals surface area (Å²) in [4.78, 5) is 51.3. The van der Waals surface area contributed by atoms with Gasteiger partial charge < -0.3 is 40.0 Å². The van der Waals surface area contributed by atoms with E-state index in [1.54, 1.807) is 50.5 Å². The molecule has 2 aliphatic rings. The van der Waals surface area contributed by atoms with Gasteiger partial charge in [0.05, 0.1) is 18.3 Å². The van der Waals surface area contributed by atoms with Gasteiger partial charge in [0.15, 0.2) is 0 Å². The van der Waals surface area contributed by atoms with Gasteiger partial charge in [0.2, 0.25) is 17.7 Å². The van der Waals surface area contributed by atoms with Crippen molar-refractivity contribution in [3.8, 4) is 0 Å². The van der Waals surface area contributed by atoms with E-state index in [9.17, 15) is 24.3 Å². The van der Waals surface area contributed by atoms with E-state index in [0.717, 1.165) is 5.56 Å². The molecule has 3 rings (SSSR count). The summed E-state index contributed by atoms with van der Waals surface area (Å²) in [5.41, 5.74) is 1.20. The van der Waals surface area contributed by atoms with Crippen molar-refractivity contribution >= 4 is 29.8 Å². The molecule has 12 nitrogen and oxygen atoms in total. The first kappa shape index (κ1) is 29.0. The van der Waals surface area contributed by atoms with Gasteiger partial charge in [-0.2, -0.15) is 0 Å². The molecule has 206 valence electrons. The number of fused-ring (bicyclic) bond motifs is 1. The molecular formula is C26H33N3O9. The number of likely N-dealkylation sites (N-methyl/N-ethyl adjacent to an activating group) is 1. The number of esters is 1. The monoisotopic (exact) mass is 531 g/mol. The summed E-state index contributed by atoms with van der Waals surface area (Å²) in [7, 11) is 3.29. The van der Waals surface area contributed by atoms with E-state index < -0.39 is 48.2 Å². The Bertz CT molecular complexity index is 1080.